The Labute approximate surface area is 93.6 Å². The molecule has 3 nitrogen and oxygen atoms in total. The first kappa shape index (κ1) is 14.4. The fraction of sp³-hybridized carbons (Fsp3) is 0.917. The highest BCUT2D eigenvalue weighted by atomic mass is 16.5. The Morgan fingerprint density at radius 3 is 2.33 bits per heavy atom. The van der Waals surface area contributed by atoms with Crippen molar-refractivity contribution >= 4 is 5.91 Å². The van der Waals surface area contributed by atoms with E-state index in [1.165, 1.54) is 0 Å². The van der Waals surface area contributed by atoms with Crippen molar-refractivity contribution in [2.45, 2.75) is 53.5 Å². The van der Waals surface area contributed by atoms with Crippen LogP contribution >= 0.6 is 0 Å². The fourth-order valence-electron chi connectivity index (χ4n) is 1.04. The van der Waals surface area contributed by atoms with Crippen LogP contribution in [0.15, 0.2) is 0 Å². The predicted molar refractivity (Wildman–Crippen MR) is 62.8 cm³/mol. The van der Waals surface area contributed by atoms with Gasteiger partial charge in [0.1, 0.15) is 0 Å². The molecule has 0 fully saturated rings. The summed E-state index contributed by atoms with van der Waals surface area (Å²) in [6.07, 6.45) is 1.49. The van der Waals surface area contributed by atoms with Crippen LogP contribution in [0.25, 0.3) is 0 Å². The fourth-order valence-corrected chi connectivity index (χ4v) is 1.04. The molecular weight excluding hydrogens is 190 g/mol. The molecule has 0 aromatic carbocycles. The second kappa shape index (κ2) is 6.83. The second-order valence-corrected chi connectivity index (χ2v) is 5.40. The Morgan fingerprint density at radius 2 is 1.87 bits per heavy atom. The minimum Gasteiger partial charge on any atom is -0.381 e. The van der Waals surface area contributed by atoms with E-state index in [1.807, 2.05) is 13.8 Å². The third kappa shape index (κ3) is 11.4. The molecule has 0 spiro atoms. The van der Waals surface area contributed by atoms with E-state index < -0.39 is 0 Å². The molecule has 0 aliphatic rings. The van der Waals surface area contributed by atoms with Crippen LogP contribution in [-0.2, 0) is 9.53 Å². The summed E-state index contributed by atoms with van der Waals surface area (Å²) in [7, 11) is 0. The topological polar surface area (TPSA) is 38.3 Å². The largest absolute Gasteiger partial charge is 0.381 e. The molecule has 0 unspecified atom stereocenters. The molecule has 1 amide bonds. The van der Waals surface area contributed by atoms with Gasteiger partial charge in [-0.3, -0.25) is 4.79 Å². The van der Waals surface area contributed by atoms with E-state index in [1.54, 1.807) is 0 Å². The van der Waals surface area contributed by atoms with Crippen LogP contribution in [-0.4, -0.2) is 25.2 Å². The molecule has 0 heterocycles. The lowest BCUT2D eigenvalue weighted by molar-refractivity contribution is -0.122. The average molecular weight is 215 g/mol. The summed E-state index contributed by atoms with van der Waals surface area (Å²) in [5.74, 6) is 0.0701. The highest BCUT2D eigenvalue weighted by Crippen LogP contribution is 2.17. The summed E-state index contributed by atoms with van der Waals surface area (Å²) in [5.41, 5.74) is 0.306. The van der Waals surface area contributed by atoms with Gasteiger partial charge in [0.05, 0.1) is 6.61 Å². The van der Waals surface area contributed by atoms with Crippen LogP contribution in [0, 0.1) is 5.41 Å². The zero-order valence-electron chi connectivity index (χ0n) is 10.7. The van der Waals surface area contributed by atoms with E-state index in [4.69, 9.17) is 4.74 Å². The first-order valence-electron chi connectivity index (χ1n) is 5.68. The van der Waals surface area contributed by atoms with Crippen LogP contribution < -0.4 is 5.32 Å². The van der Waals surface area contributed by atoms with Gasteiger partial charge in [-0.2, -0.15) is 0 Å². The average Bonchev–Trinajstić information content (AvgIpc) is 1.99. The van der Waals surface area contributed by atoms with E-state index in [2.05, 4.69) is 26.1 Å². The van der Waals surface area contributed by atoms with E-state index in [0.29, 0.717) is 18.4 Å². The molecule has 90 valence electrons. The Kier molecular flexibility index (Phi) is 6.57. The van der Waals surface area contributed by atoms with Crippen molar-refractivity contribution in [3.63, 3.8) is 0 Å². The van der Waals surface area contributed by atoms with E-state index in [9.17, 15) is 4.79 Å². The van der Waals surface area contributed by atoms with Crippen molar-refractivity contribution in [3.8, 4) is 0 Å². The summed E-state index contributed by atoms with van der Waals surface area (Å²) in [6, 6.07) is 0.215. The van der Waals surface area contributed by atoms with Crippen molar-refractivity contribution < 1.29 is 9.53 Å². The maximum Gasteiger partial charge on any atom is 0.222 e. The SMILES string of the molecule is CC(C)NC(=O)CCOCCC(C)(C)C. The van der Waals surface area contributed by atoms with E-state index in [-0.39, 0.29) is 11.9 Å². The van der Waals surface area contributed by atoms with Gasteiger partial charge in [-0.05, 0) is 25.7 Å². The molecule has 0 aromatic heterocycles. The normalized spacial score (nSPS) is 11.9. The summed E-state index contributed by atoms with van der Waals surface area (Å²) in [6.45, 7) is 11.7. The molecule has 0 rings (SSSR count). The maximum absolute atomic E-state index is 11.2. The number of nitrogens with one attached hydrogen (secondary N) is 1. The number of amides is 1. The van der Waals surface area contributed by atoms with Crippen LogP contribution in [0.3, 0.4) is 0 Å². The molecule has 0 bridgehead atoms. The van der Waals surface area contributed by atoms with Gasteiger partial charge in [0.2, 0.25) is 5.91 Å². The third-order valence-electron chi connectivity index (χ3n) is 1.92. The number of hydrogen-bond acceptors (Lipinski definition) is 2. The predicted octanol–water partition coefficient (Wildman–Crippen LogP) is 2.35. The molecule has 0 saturated heterocycles. The molecule has 15 heavy (non-hydrogen) atoms. The number of carbonyl (C=O) groups is 1. The van der Waals surface area contributed by atoms with Crippen molar-refractivity contribution in [1.82, 2.24) is 5.32 Å². The molecule has 0 saturated carbocycles. The van der Waals surface area contributed by atoms with Gasteiger partial charge in [0.15, 0.2) is 0 Å². The number of hydrogen-bond donors (Lipinski definition) is 1. The van der Waals surface area contributed by atoms with Gasteiger partial charge in [-0.15, -0.1) is 0 Å². The van der Waals surface area contributed by atoms with Crippen molar-refractivity contribution in [3.05, 3.63) is 0 Å². The zero-order valence-corrected chi connectivity index (χ0v) is 10.7. The van der Waals surface area contributed by atoms with Gasteiger partial charge in [-0.1, -0.05) is 20.8 Å². The van der Waals surface area contributed by atoms with Crippen molar-refractivity contribution in [1.29, 1.82) is 0 Å². The minimum atomic E-state index is 0.0701. The minimum absolute atomic E-state index is 0.0701. The van der Waals surface area contributed by atoms with E-state index >= 15 is 0 Å². The Balaban J connectivity index is 3.35. The summed E-state index contributed by atoms with van der Waals surface area (Å²) >= 11 is 0. The Bertz CT molecular complexity index is 183. The maximum atomic E-state index is 11.2. The van der Waals surface area contributed by atoms with Gasteiger partial charge >= 0.3 is 0 Å². The first-order chi connectivity index (χ1) is 6.81. The molecule has 0 radical (unpaired) electrons. The lowest BCUT2D eigenvalue weighted by Gasteiger charge is -2.17. The Morgan fingerprint density at radius 1 is 1.27 bits per heavy atom. The standard InChI is InChI=1S/C12H25NO2/c1-10(2)13-11(14)6-8-15-9-7-12(3,4)5/h10H,6-9H2,1-5H3,(H,13,14). The lowest BCUT2D eigenvalue weighted by atomic mass is 9.93. The molecular formula is C12H25NO2. The molecule has 3 heteroatoms. The highest BCUT2D eigenvalue weighted by Gasteiger charge is 2.09. The second-order valence-electron chi connectivity index (χ2n) is 5.40. The Hall–Kier alpha value is -0.570. The zero-order chi connectivity index (χ0) is 11.9. The summed E-state index contributed by atoms with van der Waals surface area (Å²) in [4.78, 5) is 11.2. The third-order valence-corrected chi connectivity index (χ3v) is 1.92. The smallest absolute Gasteiger partial charge is 0.222 e. The van der Waals surface area contributed by atoms with Crippen LogP contribution in [0.5, 0.6) is 0 Å². The summed E-state index contributed by atoms with van der Waals surface area (Å²) in [5, 5.41) is 2.83. The van der Waals surface area contributed by atoms with Crippen LogP contribution in [0.1, 0.15) is 47.5 Å². The van der Waals surface area contributed by atoms with Gasteiger partial charge in [-0.25, -0.2) is 0 Å². The monoisotopic (exact) mass is 215 g/mol. The lowest BCUT2D eigenvalue weighted by Crippen LogP contribution is -2.30. The number of carbonyl (C=O) groups excluding carboxylic acids is 1. The van der Waals surface area contributed by atoms with Crippen molar-refractivity contribution in [2.75, 3.05) is 13.2 Å². The van der Waals surface area contributed by atoms with Gasteiger partial charge < -0.3 is 10.1 Å². The number of ether oxygens (including phenoxy) is 1. The van der Waals surface area contributed by atoms with Crippen LogP contribution in [0.2, 0.25) is 0 Å². The molecule has 0 aromatic rings. The number of rotatable bonds is 6. The van der Waals surface area contributed by atoms with E-state index in [0.717, 1.165) is 13.0 Å². The summed E-state index contributed by atoms with van der Waals surface area (Å²) < 4.78 is 5.40. The highest BCUT2D eigenvalue weighted by molar-refractivity contribution is 5.76. The van der Waals surface area contributed by atoms with Crippen molar-refractivity contribution in [2.24, 2.45) is 5.41 Å². The first-order valence-corrected chi connectivity index (χ1v) is 5.68. The molecule has 0 aliphatic carbocycles. The van der Waals surface area contributed by atoms with Crippen LogP contribution in [0.4, 0.5) is 0 Å². The molecule has 1 N–H and O–H groups in total. The quantitative estimate of drug-likeness (QED) is 0.691. The molecule has 0 atom stereocenters. The van der Waals surface area contributed by atoms with Gasteiger partial charge in [0, 0.05) is 19.1 Å². The molecule has 0 aliphatic heterocycles. The van der Waals surface area contributed by atoms with Gasteiger partial charge in [0.25, 0.3) is 0 Å².